The fourth-order valence-corrected chi connectivity index (χ4v) is 5.02. The molecule has 1 saturated carbocycles. The van der Waals surface area contributed by atoms with Crippen LogP contribution in [0.4, 0.5) is 4.79 Å². The normalized spacial score (nSPS) is 20.4. The van der Waals surface area contributed by atoms with Gasteiger partial charge in [0.1, 0.15) is 5.60 Å². The lowest BCUT2D eigenvalue weighted by Crippen LogP contribution is -2.54. The molecule has 0 radical (unpaired) electrons. The summed E-state index contributed by atoms with van der Waals surface area (Å²) in [6.45, 7) is 7.48. The first-order chi connectivity index (χ1) is 14.2. The van der Waals surface area contributed by atoms with E-state index in [1.54, 1.807) is 0 Å². The van der Waals surface area contributed by atoms with E-state index >= 15 is 0 Å². The zero-order valence-corrected chi connectivity index (χ0v) is 18.8. The number of hydrogen-bond donors (Lipinski definition) is 1. The van der Waals surface area contributed by atoms with Crippen LogP contribution in [-0.4, -0.2) is 39.5 Å². The van der Waals surface area contributed by atoms with Crippen LogP contribution in [0.5, 0.6) is 0 Å². The Hall–Kier alpha value is -2.05. The Bertz CT molecular complexity index is 912. The molecular formula is C23H31ClN4O2. The number of carbonyl (C=O) groups is 1. The maximum Gasteiger partial charge on any atom is 0.410 e. The fourth-order valence-electron chi connectivity index (χ4n) is 4.90. The summed E-state index contributed by atoms with van der Waals surface area (Å²) in [6.07, 6.45) is 5.59. The Kier molecular flexibility index (Phi) is 5.58. The van der Waals surface area contributed by atoms with E-state index in [2.05, 4.69) is 17.2 Å². The van der Waals surface area contributed by atoms with Gasteiger partial charge in [0.15, 0.2) is 0 Å². The fraction of sp³-hybridized carbons (Fsp3) is 0.565. The van der Waals surface area contributed by atoms with Gasteiger partial charge in [0.25, 0.3) is 0 Å². The van der Waals surface area contributed by atoms with Crippen LogP contribution in [0.25, 0.3) is 0 Å². The number of nitrogens with zero attached hydrogens (tertiary/aromatic N) is 3. The van der Waals surface area contributed by atoms with Gasteiger partial charge < -0.3 is 10.5 Å². The largest absolute Gasteiger partial charge is 0.444 e. The molecule has 6 nitrogen and oxygen atoms in total. The van der Waals surface area contributed by atoms with Crippen LogP contribution >= 0.6 is 11.6 Å². The first kappa shape index (κ1) is 21.2. The van der Waals surface area contributed by atoms with Crippen LogP contribution in [0.2, 0.25) is 5.02 Å². The molecule has 2 N–H and O–H groups in total. The van der Waals surface area contributed by atoms with E-state index in [0.717, 1.165) is 36.4 Å². The minimum atomic E-state index is -0.549. The molecule has 1 amide bonds. The lowest BCUT2D eigenvalue weighted by molar-refractivity contribution is -0.0101. The van der Waals surface area contributed by atoms with E-state index in [9.17, 15) is 4.79 Å². The SMILES string of the molecule is CC(C)(C)OC(=O)N1CCc2cnn(CCN)c2C1C1(c2ccc(Cl)cc2)CCC1. The van der Waals surface area contributed by atoms with Crippen molar-refractivity contribution >= 4 is 17.7 Å². The van der Waals surface area contributed by atoms with Crippen LogP contribution < -0.4 is 5.73 Å². The molecule has 2 aliphatic rings. The van der Waals surface area contributed by atoms with Gasteiger partial charge >= 0.3 is 6.09 Å². The lowest BCUT2D eigenvalue weighted by atomic mass is 9.58. The lowest BCUT2D eigenvalue weighted by Gasteiger charge is -2.53. The van der Waals surface area contributed by atoms with Crippen LogP contribution in [0.15, 0.2) is 30.5 Å². The van der Waals surface area contributed by atoms with Gasteiger partial charge in [-0.25, -0.2) is 4.79 Å². The average molecular weight is 431 g/mol. The summed E-state index contributed by atoms with van der Waals surface area (Å²) in [5.74, 6) is 0. The monoisotopic (exact) mass is 430 g/mol. The van der Waals surface area contributed by atoms with Crippen molar-refractivity contribution in [1.29, 1.82) is 0 Å². The average Bonchev–Trinajstić information content (AvgIpc) is 3.04. The molecule has 1 aromatic carbocycles. The third kappa shape index (κ3) is 3.71. The van der Waals surface area contributed by atoms with Gasteiger partial charge in [-0.05, 0) is 63.3 Å². The number of ether oxygens (including phenoxy) is 1. The highest BCUT2D eigenvalue weighted by Gasteiger charge is 2.53. The first-order valence-corrected chi connectivity index (χ1v) is 11.1. The molecule has 2 aromatic rings. The summed E-state index contributed by atoms with van der Waals surface area (Å²) in [4.78, 5) is 15.3. The second-order valence-corrected chi connectivity index (χ2v) is 9.85. The molecule has 1 aromatic heterocycles. The number of halogens is 1. The number of fused-ring (bicyclic) bond motifs is 1. The topological polar surface area (TPSA) is 73.4 Å². The maximum atomic E-state index is 13.3. The molecule has 1 aliphatic heterocycles. The molecule has 162 valence electrons. The minimum absolute atomic E-state index is 0.139. The summed E-state index contributed by atoms with van der Waals surface area (Å²) in [5, 5.41) is 5.34. The summed E-state index contributed by atoms with van der Waals surface area (Å²) in [5.41, 5.74) is 8.67. The Labute approximate surface area is 183 Å². The van der Waals surface area contributed by atoms with Gasteiger partial charge in [-0.15, -0.1) is 0 Å². The number of benzene rings is 1. The van der Waals surface area contributed by atoms with Gasteiger partial charge in [0, 0.05) is 23.5 Å². The summed E-state index contributed by atoms with van der Waals surface area (Å²) < 4.78 is 7.82. The Balaban J connectivity index is 1.83. The van der Waals surface area contributed by atoms with Crippen molar-refractivity contribution < 1.29 is 9.53 Å². The van der Waals surface area contributed by atoms with Gasteiger partial charge in [-0.1, -0.05) is 30.2 Å². The second kappa shape index (κ2) is 7.89. The van der Waals surface area contributed by atoms with Crippen LogP contribution in [0, 0.1) is 0 Å². The van der Waals surface area contributed by atoms with Crippen molar-refractivity contribution in [2.24, 2.45) is 5.73 Å². The van der Waals surface area contributed by atoms with Crippen molar-refractivity contribution in [3.05, 3.63) is 52.3 Å². The number of nitrogens with two attached hydrogens (primary N) is 1. The molecule has 2 heterocycles. The number of hydrogen-bond acceptors (Lipinski definition) is 4. The molecule has 1 atom stereocenters. The first-order valence-electron chi connectivity index (χ1n) is 10.8. The van der Waals surface area contributed by atoms with E-state index in [1.807, 2.05) is 48.7 Å². The third-order valence-corrected chi connectivity index (χ3v) is 6.56. The van der Waals surface area contributed by atoms with Gasteiger partial charge in [0.2, 0.25) is 0 Å². The van der Waals surface area contributed by atoms with E-state index in [-0.39, 0.29) is 17.6 Å². The molecule has 4 rings (SSSR count). The summed E-state index contributed by atoms with van der Waals surface area (Å²) >= 11 is 6.18. The third-order valence-electron chi connectivity index (χ3n) is 6.31. The molecule has 1 unspecified atom stereocenters. The Morgan fingerprint density at radius 3 is 2.57 bits per heavy atom. The number of amides is 1. The van der Waals surface area contributed by atoms with Crippen LogP contribution in [-0.2, 0) is 23.1 Å². The number of carbonyl (C=O) groups excluding carboxylic acids is 1. The van der Waals surface area contributed by atoms with Crippen molar-refractivity contribution in [3.63, 3.8) is 0 Å². The molecule has 1 aliphatic carbocycles. The summed E-state index contributed by atoms with van der Waals surface area (Å²) in [7, 11) is 0. The van der Waals surface area contributed by atoms with Gasteiger partial charge in [0.05, 0.1) is 24.5 Å². The summed E-state index contributed by atoms with van der Waals surface area (Å²) in [6, 6.07) is 7.95. The Morgan fingerprint density at radius 2 is 2.00 bits per heavy atom. The van der Waals surface area contributed by atoms with Crippen LogP contribution in [0.1, 0.15) is 62.9 Å². The van der Waals surface area contributed by atoms with Gasteiger partial charge in [-0.2, -0.15) is 5.10 Å². The number of aromatic nitrogens is 2. The zero-order chi connectivity index (χ0) is 21.5. The smallest absolute Gasteiger partial charge is 0.410 e. The highest BCUT2D eigenvalue weighted by molar-refractivity contribution is 6.30. The quantitative estimate of drug-likeness (QED) is 0.777. The van der Waals surface area contributed by atoms with Crippen molar-refractivity contribution in [2.75, 3.05) is 13.1 Å². The predicted octanol–water partition coefficient (Wildman–Crippen LogP) is 4.45. The predicted molar refractivity (Wildman–Crippen MR) is 118 cm³/mol. The van der Waals surface area contributed by atoms with Crippen molar-refractivity contribution in [3.8, 4) is 0 Å². The standard InChI is InChI=1S/C23H31ClN4O2/c1-22(2,3)30-21(29)27-13-9-16-15-26-28(14-12-25)19(16)20(27)23(10-4-11-23)17-5-7-18(24)8-6-17/h5-8,15,20H,4,9-14,25H2,1-3H3. The zero-order valence-electron chi connectivity index (χ0n) is 18.0. The Morgan fingerprint density at radius 1 is 1.30 bits per heavy atom. The van der Waals surface area contributed by atoms with Crippen molar-refractivity contribution in [1.82, 2.24) is 14.7 Å². The minimum Gasteiger partial charge on any atom is -0.444 e. The highest BCUT2D eigenvalue weighted by atomic mass is 35.5. The molecule has 1 fully saturated rings. The van der Waals surface area contributed by atoms with Crippen LogP contribution in [0.3, 0.4) is 0 Å². The molecule has 0 bridgehead atoms. The highest BCUT2D eigenvalue weighted by Crippen LogP contribution is 2.56. The van der Waals surface area contributed by atoms with E-state index in [0.29, 0.717) is 19.6 Å². The molecule has 30 heavy (non-hydrogen) atoms. The van der Waals surface area contributed by atoms with Gasteiger partial charge in [-0.3, -0.25) is 9.58 Å². The van der Waals surface area contributed by atoms with E-state index in [4.69, 9.17) is 22.1 Å². The molecule has 0 saturated heterocycles. The van der Waals surface area contributed by atoms with Crippen molar-refractivity contribution in [2.45, 2.75) is 70.1 Å². The van der Waals surface area contributed by atoms with E-state index in [1.165, 1.54) is 11.1 Å². The maximum absolute atomic E-state index is 13.3. The molecular weight excluding hydrogens is 400 g/mol. The molecule has 0 spiro atoms. The second-order valence-electron chi connectivity index (χ2n) is 9.41. The number of rotatable bonds is 4. The molecule has 7 heteroatoms. The van der Waals surface area contributed by atoms with E-state index < -0.39 is 5.60 Å².